The molecule has 0 saturated carbocycles. The van der Waals surface area contributed by atoms with Gasteiger partial charge < -0.3 is 24.6 Å². The lowest BCUT2D eigenvalue weighted by Crippen LogP contribution is -2.29. The van der Waals surface area contributed by atoms with Gasteiger partial charge in [0.15, 0.2) is 11.5 Å². The van der Waals surface area contributed by atoms with E-state index in [2.05, 4.69) is 21.1 Å². The van der Waals surface area contributed by atoms with Crippen molar-refractivity contribution >= 4 is 28.1 Å². The Kier molecular flexibility index (Phi) is 5.44. The van der Waals surface area contributed by atoms with Crippen molar-refractivity contribution in [1.82, 2.24) is 0 Å². The van der Waals surface area contributed by atoms with E-state index in [1.165, 1.54) is 6.21 Å². The summed E-state index contributed by atoms with van der Waals surface area (Å²) in [6.07, 6.45) is 1.22. The summed E-state index contributed by atoms with van der Waals surface area (Å²) in [6, 6.07) is 3.17. The molecule has 0 atom stereocenters. The molecule has 18 heavy (non-hydrogen) atoms. The number of benzene rings is 1. The zero-order valence-corrected chi connectivity index (χ0v) is 11.1. The summed E-state index contributed by atoms with van der Waals surface area (Å²) >= 11 is 3.23. The Bertz CT molecular complexity index is 461. The number of carboxylic acid groups (broad SMARTS) is 1. The fourth-order valence-corrected chi connectivity index (χ4v) is 1.84. The number of nitrogens with zero attached hydrogens (tertiary/aromatic N) is 1. The number of rotatable bonds is 6. The first kappa shape index (κ1) is 14.3. The molecule has 6 nitrogen and oxygen atoms in total. The van der Waals surface area contributed by atoms with E-state index in [-0.39, 0.29) is 5.75 Å². The third kappa shape index (κ3) is 3.92. The molecular weight excluding hydrogens is 306 g/mol. The number of ether oxygens (including phenoxy) is 2. The second kappa shape index (κ2) is 6.85. The van der Waals surface area contributed by atoms with Crippen LogP contribution in [0.1, 0.15) is 12.5 Å². The highest BCUT2D eigenvalue weighted by atomic mass is 79.9. The predicted octanol–water partition coefficient (Wildman–Crippen LogP) is 0.785. The maximum absolute atomic E-state index is 10.4. The quantitative estimate of drug-likeness (QED) is 0.476. The Hall–Kier alpha value is -1.76. The van der Waals surface area contributed by atoms with Crippen LogP contribution in [-0.4, -0.2) is 30.6 Å². The van der Waals surface area contributed by atoms with E-state index < -0.39 is 12.6 Å². The van der Waals surface area contributed by atoms with Gasteiger partial charge in [-0.15, -0.1) is 0 Å². The zero-order valence-electron chi connectivity index (χ0n) is 9.55. The molecule has 0 fully saturated rings. The normalized spacial score (nSPS) is 10.6. The topological polar surface area (TPSA) is 91.2 Å². The molecule has 0 radical (unpaired) electrons. The van der Waals surface area contributed by atoms with Gasteiger partial charge in [-0.1, -0.05) is 5.16 Å². The molecule has 0 saturated heterocycles. The van der Waals surface area contributed by atoms with E-state index in [1.807, 2.05) is 0 Å². The van der Waals surface area contributed by atoms with Crippen LogP contribution in [0.5, 0.6) is 11.5 Å². The minimum Gasteiger partial charge on any atom is -0.546 e. The van der Waals surface area contributed by atoms with Gasteiger partial charge in [0.2, 0.25) is 0 Å². The molecule has 0 amide bonds. The molecule has 0 bridgehead atoms. The van der Waals surface area contributed by atoms with Gasteiger partial charge >= 0.3 is 0 Å². The summed E-state index contributed by atoms with van der Waals surface area (Å²) < 4.78 is 10.9. The number of hydrogen-bond acceptors (Lipinski definition) is 6. The smallest absolute Gasteiger partial charge is 0.175 e. The Morgan fingerprint density at radius 1 is 1.56 bits per heavy atom. The number of carbonyl (C=O) groups is 1. The second-order valence-electron chi connectivity index (χ2n) is 3.17. The van der Waals surface area contributed by atoms with Crippen LogP contribution >= 0.6 is 15.9 Å². The minimum atomic E-state index is -1.33. The van der Waals surface area contributed by atoms with Crippen LogP contribution in [0.15, 0.2) is 21.8 Å². The van der Waals surface area contributed by atoms with Crippen LogP contribution in [0.2, 0.25) is 0 Å². The number of hydrogen-bond donors (Lipinski definition) is 1. The molecule has 1 N–H and O–H groups in total. The Morgan fingerprint density at radius 3 is 2.83 bits per heavy atom. The third-order valence-electron chi connectivity index (χ3n) is 1.87. The maximum atomic E-state index is 10.4. The van der Waals surface area contributed by atoms with Gasteiger partial charge in [0.1, 0.15) is 6.61 Å². The van der Waals surface area contributed by atoms with E-state index in [9.17, 15) is 9.90 Å². The third-order valence-corrected chi connectivity index (χ3v) is 2.46. The van der Waals surface area contributed by atoms with Crippen LogP contribution in [-0.2, 0) is 4.79 Å². The van der Waals surface area contributed by atoms with Crippen LogP contribution in [0.4, 0.5) is 0 Å². The maximum Gasteiger partial charge on any atom is 0.175 e. The molecule has 1 aromatic carbocycles. The van der Waals surface area contributed by atoms with Crippen molar-refractivity contribution in [1.29, 1.82) is 0 Å². The van der Waals surface area contributed by atoms with Crippen molar-refractivity contribution < 1.29 is 24.6 Å². The van der Waals surface area contributed by atoms with Crippen LogP contribution in [0.3, 0.4) is 0 Å². The summed E-state index contributed by atoms with van der Waals surface area (Å²) in [4.78, 5) is 10.4. The summed E-state index contributed by atoms with van der Waals surface area (Å²) in [5.41, 5.74) is 0.577. The van der Waals surface area contributed by atoms with Gasteiger partial charge in [-0.2, -0.15) is 0 Å². The molecule has 0 aliphatic heterocycles. The first-order chi connectivity index (χ1) is 8.58. The van der Waals surface area contributed by atoms with E-state index in [0.29, 0.717) is 22.4 Å². The summed E-state index contributed by atoms with van der Waals surface area (Å²) in [5.74, 6) is -0.718. The summed E-state index contributed by atoms with van der Waals surface area (Å²) in [6.45, 7) is 1.59. The van der Waals surface area contributed by atoms with E-state index in [0.717, 1.165) is 0 Å². The van der Waals surface area contributed by atoms with Crippen molar-refractivity contribution in [3.05, 3.63) is 22.2 Å². The Balaban J connectivity index is 3.09. The monoisotopic (exact) mass is 316 g/mol. The van der Waals surface area contributed by atoms with Crippen molar-refractivity contribution in [2.24, 2.45) is 5.16 Å². The number of oxime groups is 1. The highest BCUT2D eigenvalue weighted by Crippen LogP contribution is 2.36. The molecule has 0 heterocycles. The van der Waals surface area contributed by atoms with Crippen LogP contribution < -0.4 is 14.6 Å². The molecule has 0 spiro atoms. The highest BCUT2D eigenvalue weighted by Gasteiger charge is 2.11. The molecule has 1 aromatic rings. The van der Waals surface area contributed by atoms with Gasteiger partial charge in [-0.3, -0.25) is 0 Å². The van der Waals surface area contributed by atoms with Crippen molar-refractivity contribution in [2.45, 2.75) is 6.92 Å². The summed E-state index contributed by atoms with van der Waals surface area (Å²) in [5, 5.41) is 21.8. The van der Waals surface area contributed by atoms with Crippen LogP contribution in [0.25, 0.3) is 0 Å². The van der Waals surface area contributed by atoms with Gasteiger partial charge in [-0.05, 0) is 35.0 Å². The van der Waals surface area contributed by atoms with Crippen LogP contribution in [0, 0.1) is 0 Å². The first-order valence-electron chi connectivity index (χ1n) is 5.05. The lowest BCUT2D eigenvalue weighted by Gasteiger charge is -2.14. The lowest BCUT2D eigenvalue weighted by atomic mass is 10.2. The van der Waals surface area contributed by atoms with Gasteiger partial charge in [-0.25, -0.2) is 0 Å². The first-order valence-corrected chi connectivity index (χ1v) is 5.84. The average Bonchev–Trinajstić information content (AvgIpc) is 2.28. The van der Waals surface area contributed by atoms with Gasteiger partial charge in [0.25, 0.3) is 0 Å². The van der Waals surface area contributed by atoms with Crippen molar-refractivity contribution in [2.75, 3.05) is 13.2 Å². The highest BCUT2D eigenvalue weighted by molar-refractivity contribution is 9.10. The number of carbonyl (C=O) groups excluding carboxylic acids is 1. The molecule has 0 unspecified atom stereocenters. The molecule has 0 aliphatic rings. The van der Waals surface area contributed by atoms with E-state index in [4.69, 9.17) is 14.7 Å². The Labute approximate surface area is 112 Å². The molecule has 7 heteroatoms. The summed E-state index contributed by atoms with van der Waals surface area (Å²) in [7, 11) is 0. The number of halogens is 1. The van der Waals surface area contributed by atoms with E-state index >= 15 is 0 Å². The van der Waals surface area contributed by atoms with Gasteiger partial charge in [0.05, 0.1) is 23.3 Å². The lowest BCUT2D eigenvalue weighted by molar-refractivity contribution is -0.307. The molecule has 1 rings (SSSR count). The SMILES string of the molecule is CCOc1cc(/C=N\O)cc(Br)c1OCC(=O)[O-]. The van der Waals surface area contributed by atoms with Crippen molar-refractivity contribution in [3.63, 3.8) is 0 Å². The predicted molar refractivity (Wildman–Crippen MR) is 65.2 cm³/mol. The minimum absolute atomic E-state index is 0.260. The van der Waals surface area contributed by atoms with Crippen molar-refractivity contribution in [3.8, 4) is 11.5 Å². The molecular formula is C11H11BrNO5-. The molecule has 0 aromatic heterocycles. The average molecular weight is 317 g/mol. The number of aliphatic carboxylic acids is 1. The number of carboxylic acids is 1. The Morgan fingerprint density at radius 2 is 2.28 bits per heavy atom. The second-order valence-corrected chi connectivity index (χ2v) is 4.02. The fourth-order valence-electron chi connectivity index (χ4n) is 1.26. The largest absolute Gasteiger partial charge is 0.546 e. The molecule has 0 aliphatic carbocycles. The standard InChI is InChI=1S/C11H12BrNO5/c1-2-17-9-4-7(5-13-16)3-8(12)11(9)18-6-10(14)15/h3-5,16H,2,6H2,1H3,(H,14,15)/p-1/b13-5-. The zero-order chi connectivity index (χ0) is 13.5. The molecule has 98 valence electrons. The van der Waals surface area contributed by atoms with E-state index in [1.54, 1.807) is 19.1 Å². The fraction of sp³-hybridized carbons (Fsp3) is 0.273. The van der Waals surface area contributed by atoms with Gasteiger partial charge in [0, 0.05) is 5.56 Å².